The van der Waals surface area contributed by atoms with Gasteiger partial charge >= 0.3 is 0 Å². The Morgan fingerprint density at radius 1 is 0.308 bits per heavy atom. The summed E-state index contributed by atoms with van der Waals surface area (Å²) in [5, 5.41) is 0. The second-order valence-corrected chi connectivity index (χ2v) is 13.6. The van der Waals surface area contributed by atoms with E-state index in [2.05, 4.69) is 217 Å². The van der Waals surface area contributed by atoms with Crippen LogP contribution in [0, 0.1) is 0 Å². The minimum Gasteiger partial charge on any atom is -0.309 e. The van der Waals surface area contributed by atoms with Gasteiger partial charge in [0.15, 0.2) is 0 Å². The third kappa shape index (κ3) is 4.56. The zero-order valence-electron chi connectivity index (χ0n) is 28.7. The molecule has 8 aromatic rings. The molecule has 0 amide bonds. The monoisotopic (exact) mass is 661 g/mol. The largest absolute Gasteiger partial charge is 0.309 e. The van der Waals surface area contributed by atoms with E-state index in [0.29, 0.717) is 0 Å². The molecule has 2 aliphatic carbocycles. The van der Waals surface area contributed by atoms with Crippen molar-refractivity contribution in [3.8, 4) is 33.4 Å². The van der Waals surface area contributed by atoms with Crippen molar-refractivity contribution >= 4 is 29.2 Å². The maximum Gasteiger partial charge on any atom is 0.0725 e. The lowest BCUT2D eigenvalue weighted by Gasteiger charge is -2.36. The lowest BCUT2D eigenvalue weighted by molar-refractivity contribution is 0.766. The molecule has 1 nitrogen and oxygen atoms in total. The van der Waals surface area contributed by atoms with Crippen molar-refractivity contribution in [3.63, 3.8) is 0 Å². The molecule has 2 aliphatic rings. The van der Waals surface area contributed by atoms with Crippen molar-refractivity contribution in [2.24, 2.45) is 0 Å². The van der Waals surface area contributed by atoms with Gasteiger partial charge in [-0.05, 0) is 79.9 Å². The van der Waals surface area contributed by atoms with E-state index in [1.807, 2.05) is 0 Å². The van der Waals surface area contributed by atoms with Crippen LogP contribution in [0.25, 0.3) is 45.5 Å². The third-order valence-electron chi connectivity index (χ3n) is 10.9. The van der Waals surface area contributed by atoms with Gasteiger partial charge in [0, 0.05) is 16.8 Å². The zero-order valence-corrected chi connectivity index (χ0v) is 28.7. The normalized spacial score (nSPS) is 13.1. The van der Waals surface area contributed by atoms with Crippen LogP contribution in [-0.2, 0) is 5.41 Å². The molecule has 0 aromatic heterocycles. The first kappa shape index (κ1) is 30.2. The summed E-state index contributed by atoms with van der Waals surface area (Å²) in [5.74, 6) is 0. The fourth-order valence-corrected chi connectivity index (χ4v) is 8.74. The average molecular weight is 662 g/mol. The van der Waals surface area contributed by atoms with E-state index >= 15 is 0 Å². The molecular formula is C51H35N. The summed E-state index contributed by atoms with van der Waals surface area (Å²) in [6.45, 7) is 0. The third-order valence-corrected chi connectivity index (χ3v) is 10.9. The second kappa shape index (κ2) is 12.3. The fourth-order valence-electron chi connectivity index (χ4n) is 8.74. The topological polar surface area (TPSA) is 3.24 Å². The van der Waals surface area contributed by atoms with Gasteiger partial charge in [-0.1, -0.05) is 188 Å². The lowest BCUT2D eigenvalue weighted by atomic mass is 9.66. The molecule has 0 bridgehead atoms. The van der Waals surface area contributed by atoms with E-state index in [9.17, 15) is 0 Å². The van der Waals surface area contributed by atoms with Crippen LogP contribution in [0.4, 0.5) is 17.1 Å². The first-order valence-corrected chi connectivity index (χ1v) is 18.0. The molecule has 0 heterocycles. The van der Waals surface area contributed by atoms with Gasteiger partial charge in [-0.15, -0.1) is 0 Å². The highest BCUT2D eigenvalue weighted by Gasteiger charge is 2.49. The van der Waals surface area contributed by atoms with Gasteiger partial charge in [0.2, 0.25) is 0 Å². The van der Waals surface area contributed by atoms with Gasteiger partial charge < -0.3 is 4.90 Å². The van der Waals surface area contributed by atoms with E-state index in [1.165, 1.54) is 66.8 Å². The quantitative estimate of drug-likeness (QED) is 0.177. The molecule has 8 aromatic carbocycles. The molecule has 52 heavy (non-hydrogen) atoms. The van der Waals surface area contributed by atoms with Crippen LogP contribution in [0.2, 0.25) is 0 Å². The molecule has 0 saturated heterocycles. The summed E-state index contributed by atoms with van der Waals surface area (Å²) >= 11 is 0. The van der Waals surface area contributed by atoms with Crippen molar-refractivity contribution in [1.29, 1.82) is 0 Å². The average Bonchev–Trinajstić information content (AvgIpc) is 3.44. The minimum atomic E-state index is -0.500. The van der Waals surface area contributed by atoms with Crippen molar-refractivity contribution in [2.45, 2.75) is 5.41 Å². The Bertz CT molecular complexity index is 2570. The molecule has 1 spiro atoms. The molecule has 244 valence electrons. The summed E-state index contributed by atoms with van der Waals surface area (Å²) in [6.07, 6.45) is 4.59. The van der Waals surface area contributed by atoms with Crippen LogP contribution in [0.1, 0.15) is 33.4 Å². The van der Waals surface area contributed by atoms with E-state index in [-0.39, 0.29) is 0 Å². The summed E-state index contributed by atoms with van der Waals surface area (Å²) in [4.78, 5) is 2.48. The van der Waals surface area contributed by atoms with Crippen LogP contribution in [0.5, 0.6) is 0 Å². The SMILES string of the molecule is C1=Cc2ccccc2C2(c3ccccc31)c1ccccc1-c1c(N(c3ccc(-c4ccccc4)cc3)c3ccccc3-c3ccccc3)cccc12. The van der Waals surface area contributed by atoms with Gasteiger partial charge in [-0.25, -0.2) is 0 Å². The standard InChI is InChI=1S/C51H35N/c1-3-16-36(17-4-1)37-32-34-41(35-33-37)52(48-28-14-10-22-42(48)38-18-5-2-6-19-38)49-29-15-27-47-50(49)43-23-9-13-26-46(43)51(47)44-24-11-7-20-39(44)30-31-40-21-8-12-25-45(40)51/h1-35H. The number of hydrogen-bond acceptors (Lipinski definition) is 1. The zero-order chi connectivity index (χ0) is 34.5. The predicted molar refractivity (Wildman–Crippen MR) is 218 cm³/mol. The molecule has 0 unspecified atom stereocenters. The molecule has 0 N–H and O–H groups in total. The van der Waals surface area contributed by atoms with E-state index in [0.717, 1.165) is 17.1 Å². The smallest absolute Gasteiger partial charge is 0.0725 e. The Labute approximate surface area is 305 Å². The van der Waals surface area contributed by atoms with E-state index < -0.39 is 5.41 Å². The minimum absolute atomic E-state index is 0.500. The number of rotatable bonds is 5. The predicted octanol–water partition coefficient (Wildman–Crippen LogP) is 13.3. The van der Waals surface area contributed by atoms with Crippen LogP contribution in [-0.4, -0.2) is 0 Å². The lowest BCUT2D eigenvalue weighted by Crippen LogP contribution is -2.30. The number of fused-ring (bicyclic) bond motifs is 9. The van der Waals surface area contributed by atoms with Gasteiger partial charge in [0.1, 0.15) is 0 Å². The molecule has 0 saturated carbocycles. The molecule has 0 atom stereocenters. The Balaban J connectivity index is 1.29. The first-order chi connectivity index (χ1) is 25.8. The summed E-state index contributed by atoms with van der Waals surface area (Å²) < 4.78 is 0. The van der Waals surface area contributed by atoms with Crippen LogP contribution < -0.4 is 4.90 Å². The molecule has 0 fully saturated rings. The highest BCUT2D eigenvalue weighted by atomic mass is 15.1. The molecule has 0 radical (unpaired) electrons. The van der Waals surface area contributed by atoms with Gasteiger partial charge in [-0.3, -0.25) is 0 Å². The first-order valence-electron chi connectivity index (χ1n) is 18.0. The summed E-state index contributed by atoms with van der Waals surface area (Å²) in [5.41, 5.74) is 17.9. The highest BCUT2D eigenvalue weighted by molar-refractivity contribution is 6.00. The number of hydrogen-bond donors (Lipinski definition) is 0. The van der Waals surface area contributed by atoms with Gasteiger partial charge in [0.25, 0.3) is 0 Å². The van der Waals surface area contributed by atoms with Crippen LogP contribution in [0.3, 0.4) is 0 Å². The van der Waals surface area contributed by atoms with Crippen molar-refractivity contribution < 1.29 is 0 Å². The van der Waals surface area contributed by atoms with Crippen molar-refractivity contribution in [1.82, 2.24) is 0 Å². The fraction of sp³-hybridized carbons (Fsp3) is 0.0196. The Morgan fingerprint density at radius 3 is 1.46 bits per heavy atom. The number of anilines is 3. The maximum absolute atomic E-state index is 2.48. The van der Waals surface area contributed by atoms with Crippen molar-refractivity contribution in [3.05, 3.63) is 234 Å². The molecular weight excluding hydrogens is 627 g/mol. The number of nitrogens with zero attached hydrogens (tertiary/aromatic N) is 1. The molecule has 0 aliphatic heterocycles. The summed E-state index contributed by atoms with van der Waals surface area (Å²) in [7, 11) is 0. The van der Waals surface area contributed by atoms with Crippen molar-refractivity contribution in [2.75, 3.05) is 4.90 Å². The van der Waals surface area contributed by atoms with E-state index in [4.69, 9.17) is 0 Å². The van der Waals surface area contributed by atoms with Gasteiger partial charge in [-0.2, -0.15) is 0 Å². The van der Waals surface area contributed by atoms with Crippen LogP contribution in [0.15, 0.2) is 200 Å². The highest BCUT2D eigenvalue weighted by Crippen LogP contribution is 2.61. The van der Waals surface area contributed by atoms with E-state index in [1.54, 1.807) is 0 Å². The second-order valence-electron chi connectivity index (χ2n) is 13.6. The van der Waals surface area contributed by atoms with Gasteiger partial charge in [0.05, 0.1) is 16.8 Å². The number of para-hydroxylation sites is 1. The Kier molecular flexibility index (Phi) is 7.11. The maximum atomic E-state index is 2.48. The molecule has 1 heteroatoms. The number of benzene rings is 8. The molecule has 10 rings (SSSR count). The Morgan fingerprint density at radius 2 is 0.788 bits per heavy atom. The Hall–Kier alpha value is -6.70. The summed E-state index contributed by atoms with van der Waals surface area (Å²) in [6, 6.07) is 73.2. The van der Waals surface area contributed by atoms with Crippen LogP contribution >= 0.6 is 0 Å².